The summed E-state index contributed by atoms with van der Waals surface area (Å²) >= 11 is 0. The van der Waals surface area contributed by atoms with E-state index in [1.54, 1.807) is 13.0 Å². The standard InChI is InChI=1S/C11H13FN2O3S/c1-8(7-15)6-14-18(16,17)10-2-3-11(12)9(4-10)5-13/h2-4,8,14-15H,6-7H2,1H3. The van der Waals surface area contributed by atoms with E-state index < -0.39 is 15.8 Å². The first-order chi connectivity index (χ1) is 8.40. The number of hydrogen-bond acceptors (Lipinski definition) is 4. The summed E-state index contributed by atoms with van der Waals surface area (Å²) in [4.78, 5) is -0.175. The summed E-state index contributed by atoms with van der Waals surface area (Å²) in [7, 11) is -3.79. The molecule has 2 N–H and O–H groups in total. The maximum atomic E-state index is 13.1. The molecule has 0 amide bonds. The highest BCUT2D eigenvalue weighted by Gasteiger charge is 2.16. The van der Waals surface area contributed by atoms with E-state index in [0.717, 1.165) is 18.2 Å². The van der Waals surface area contributed by atoms with Gasteiger partial charge in [-0.15, -0.1) is 0 Å². The van der Waals surface area contributed by atoms with Gasteiger partial charge in [0.2, 0.25) is 10.0 Å². The first kappa shape index (κ1) is 14.6. The largest absolute Gasteiger partial charge is 0.396 e. The van der Waals surface area contributed by atoms with Crippen LogP contribution in [0.4, 0.5) is 4.39 Å². The Bertz CT molecular complexity index is 566. The number of nitrogens with zero attached hydrogens (tertiary/aromatic N) is 1. The van der Waals surface area contributed by atoms with Gasteiger partial charge in [-0.3, -0.25) is 0 Å². The number of halogens is 1. The highest BCUT2D eigenvalue weighted by molar-refractivity contribution is 7.89. The molecule has 0 aliphatic carbocycles. The second-order valence-electron chi connectivity index (χ2n) is 3.89. The van der Waals surface area contributed by atoms with Crippen molar-refractivity contribution < 1.29 is 17.9 Å². The Balaban J connectivity index is 2.96. The molecule has 0 spiro atoms. The maximum absolute atomic E-state index is 13.1. The summed E-state index contributed by atoms with van der Waals surface area (Å²) < 4.78 is 38.9. The third-order valence-electron chi connectivity index (χ3n) is 2.30. The molecule has 7 heteroatoms. The van der Waals surface area contributed by atoms with E-state index in [0.29, 0.717) is 0 Å². The molecule has 0 heterocycles. The van der Waals surface area contributed by atoms with E-state index in [2.05, 4.69) is 4.72 Å². The van der Waals surface area contributed by atoms with Crippen molar-refractivity contribution in [1.29, 1.82) is 5.26 Å². The third kappa shape index (κ3) is 3.50. The molecule has 98 valence electrons. The van der Waals surface area contributed by atoms with Crippen LogP contribution in [-0.4, -0.2) is 26.7 Å². The smallest absolute Gasteiger partial charge is 0.240 e. The van der Waals surface area contributed by atoms with Gasteiger partial charge in [0.25, 0.3) is 0 Å². The lowest BCUT2D eigenvalue weighted by Gasteiger charge is -2.10. The molecule has 0 saturated heterocycles. The zero-order chi connectivity index (χ0) is 13.8. The Morgan fingerprint density at radius 2 is 2.22 bits per heavy atom. The molecule has 1 atom stereocenters. The molecule has 0 aromatic heterocycles. The van der Waals surface area contributed by atoms with Gasteiger partial charge in [0.1, 0.15) is 11.9 Å². The van der Waals surface area contributed by atoms with E-state index in [1.165, 1.54) is 0 Å². The molecule has 0 saturated carbocycles. The summed E-state index contributed by atoms with van der Waals surface area (Å²) in [5, 5.41) is 17.4. The van der Waals surface area contributed by atoms with Crippen LogP contribution in [0.3, 0.4) is 0 Å². The molecule has 1 aromatic carbocycles. The lowest BCUT2D eigenvalue weighted by molar-refractivity contribution is 0.238. The number of nitriles is 1. The Labute approximate surface area is 105 Å². The molecule has 0 fully saturated rings. The number of aliphatic hydroxyl groups is 1. The minimum Gasteiger partial charge on any atom is -0.396 e. The van der Waals surface area contributed by atoms with Gasteiger partial charge in [0, 0.05) is 13.2 Å². The second kappa shape index (κ2) is 5.91. The number of hydrogen-bond donors (Lipinski definition) is 2. The predicted octanol–water partition coefficient (Wildman–Crippen LogP) is 0.604. The number of nitrogens with one attached hydrogen (secondary N) is 1. The fourth-order valence-corrected chi connectivity index (χ4v) is 2.35. The predicted molar refractivity (Wildman–Crippen MR) is 62.6 cm³/mol. The Morgan fingerprint density at radius 1 is 1.56 bits per heavy atom. The van der Waals surface area contributed by atoms with Crippen molar-refractivity contribution in [1.82, 2.24) is 4.72 Å². The van der Waals surface area contributed by atoms with Gasteiger partial charge in [0.15, 0.2) is 0 Å². The quantitative estimate of drug-likeness (QED) is 0.821. The van der Waals surface area contributed by atoms with Crippen LogP contribution >= 0.6 is 0 Å². The average Bonchev–Trinajstić information content (AvgIpc) is 2.36. The zero-order valence-electron chi connectivity index (χ0n) is 9.72. The van der Waals surface area contributed by atoms with E-state index in [1.807, 2.05) is 0 Å². The monoisotopic (exact) mass is 272 g/mol. The van der Waals surface area contributed by atoms with Crippen LogP contribution in [0.15, 0.2) is 23.1 Å². The number of aliphatic hydroxyl groups excluding tert-OH is 1. The lowest BCUT2D eigenvalue weighted by atomic mass is 10.2. The zero-order valence-corrected chi connectivity index (χ0v) is 10.5. The van der Waals surface area contributed by atoms with Crippen molar-refractivity contribution >= 4 is 10.0 Å². The number of benzene rings is 1. The Morgan fingerprint density at radius 3 is 2.78 bits per heavy atom. The van der Waals surface area contributed by atoms with Gasteiger partial charge >= 0.3 is 0 Å². The van der Waals surface area contributed by atoms with Gasteiger partial charge in [-0.25, -0.2) is 17.5 Å². The summed E-state index contributed by atoms with van der Waals surface area (Å²) in [5.41, 5.74) is -0.326. The fraction of sp³-hybridized carbons (Fsp3) is 0.364. The number of rotatable bonds is 5. The normalized spacial score (nSPS) is 13.0. The molecular formula is C11H13FN2O3S. The van der Waals surface area contributed by atoms with Crippen LogP contribution in [0.25, 0.3) is 0 Å². The van der Waals surface area contributed by atoms with Crippen molar-refractivity contribution in [3.05, 3.63) is 29.6 Å². The van der Waals surface area contributed by atoms with Gasteiger partial charge in [-0.2, -0.15) is 5.26 Å². The highest BCUT2D eigenvalue weighted by atomic mass is 32.2. The van der Waals surface area contributed by atoms with Gasteiger partial charge in [0.05, 0.1) is 10.5 Å². The van der Waals surface area contributed by atoms with Crippen molar-refractivity contribution in [3.8, 4) is 6.07 Å². The SMILES string of the molecule is CC(CO)CNS(=O)(=O)c1ccc(F)c(C#N)c1. The topological polar surface area (TPSA) is 90.2 Å². The van der Waals surface area contributed by atoms with Gasteiger partial charge < -0.3 is 5.11 Å². The van der Waals surface area contributed by atoms with Crippen molar-refractivity contribution in [3.63, 3.8) is 0 Å². The maximum Gasteiger partial charge on any atom is 0.240 e. The summed E-state index contributed by atoms with van der Waals surface area (Å²) in [5.74, 6) is -0.990. The molecule has 5 nitrogen and oxygen atoms in total. The fourth-order valence-electron chi connectivity index (χ4n) is 1.16. The van der Waals surface area contributed by atoms with Gasteiger partial charge in [-0.05, 0) is 24.1 Å². The molecule has 1 aromatic rings. The van der Waals surface area contributed by atoms with E-state index in [9.17, 15) is 12.8 Å². The van der Waals surface area contributed by atoms with Crippen LogP contribution in [-0.2, 0) is 10.0 Å². The van der Waals surface area contributed by atoms with E-state index in [4.69, 9.17) is 10.4 Å². The minimum atomic E-state index is -3.79. The highest BCUT2D eigenvalue weighted by Crippen LogP contribution is 2.14. The molecular weight excluding hydrogens is 259 g/mol. The van der Waals surface area contributed by atoms with Crippen molar-refractivity contribution in [2.75, 3.05) is 13.2 Å². The van der Waals surface area contributed by atoms with Crippen LogP contribution in [0.1, 0.15) is 12.5 Å². The third-order valence-corrected chi connectivity index (χ3v) is 3.72. The molecule has 0 aliphatic heterocycles. The average molecular weight is 272 g/mol. The van der Waals surface area contributed by atoms with Gasteiger partial charge in [-0.1, -0.05) is 6.92 Å². The summed E-state index contributed by atoms with van der Waals surface area (Å²) in [6, 6.07) is 4.57. The molecule has 0 aliphatic rings. The Kier molecular flexibility index (Phi) is 4.78. The molecule has 1 rings (SSSR count). The molecule has 0 radical (unpaired) electrons. The minimum absolute atomic E-state index is 0.0676. The first-order valence-electron chi connectivity index (χ1n) is 5.21. The molecule has 1 unspecified atom stereocenters. The molecule has 18 heavy (non-hydrogen) atoms. The first-order valence-corrected chi connectivity index (χ1v) is 6.69. The van der Waals surface area contributed by atoms with E-state index in [-0.39, 0.29) is 29.5 Å². The lowest BCUT2D eigenvalue weighted by Crippen LogP contribution is -2.29. The second-order valence-corrected chi connectivity index (χ2v) is 5.66. The summed E-state index contributed by atoms with van der Waals surface area (Å²) in [6.45, 7) is 1.60. The van der Waals surface area contributed by atoms with Crippen LogP contribution in [0, 0.1) is 23.1 Å². The Hall–Kier alpha value is -1.49. The van der Waals surface area contributed by atoms with E-state index >= 15 is 0 Å². The molecule has 0 bridgehead atoms. The van der Waals surface area contributed by atoms with Crippen molar-refractivity contribution in [2.24, 2.45) is 5.92 Å². The van der Waals surface area contributed by atoms with Crippen LogP contribution < -0.4 is 4.72 Å². The van der Waals surface area contributed by atoms with Crippen molar-refractivity contribution in [2.45, 2.75) is 11.8 Å². The van der Waals surface area contributed by atoms with Crippen LogP contribution in [0.2, 0.25) is 0 Å². The number of sulfonamides is 1. The van der Waals surface area contributed by atoms with Crippen LogP contribution in [0.5, 0.6) is 0 Å². The summed E-state index contributed by atoms with van der Waals surface area (Å²) in [6.07, 6.45) is 0.